The molecular formula is C15H26N2O. The van der Waals surface area contributed by atoms with Gasteiger partial charge in [0.25, 0.3) is 0 Å². The minimum Gasteiger partial charge on any atom is -0.394 e. The number of aliphatic hydroxyl groups excluding tert-OH is 1. The molecule has 0 amide bonds. The lowest BCUT2D eigenvalue weighted by Gasteiger charge is -2.25. The zero-order valence-corrected chi connectivity index (χ0v) is 12.0. The highest BCUT2D eigenvalue weighted by atomic mass is 16.3. The Bertz CT molecular complexity index is 388. The fourth-order valence-corrected chi connectivity index (χ4v) is 2.15. The summed E-state index contributed by atoms with van der Waals surface area (Å²) >= 11 is 0. The van der Waals surface area contributed by atoms with Gasteiger partial charge in [0.15, 0.2) is 0 Å². The van der Waals surface area contributed by atoms with Gasteiger partial charge in [-0.1, -0.05) is 17.7 Å². The van der Waals surface area contributed by atoms with Gasteiger partial charge in [-0.05, 0) is 45.2 Å². The minimum atomic E-state index is -0.455. The number of anilines is 1. The molecule has 102 valence electrons. The number of nitrogens with two attached hydrogens (primary N) is 1. The number of hydrogen-bond donors (Lipinski definition) is 2. The normalized spacial score (nSPS) is 14.3. The zero-order chi connectivity index (χ0) is 13.8. The standard InChI is InChI=1S/C15H26N2O/c1-12-6-7-14(13(2)10-12)17(4)9-5-8-15(3,16)11-18/h6-7,10,18H,5,8-9,11,16H2,1-4H3. The van der Waals surface area contributed by atoms with Crippen molar-refractivity contribution >= 4 is 5.69 Å². The van der Waals surface area contributed by atoms with Crippen LogP contribution in [0.25, 0.3) is 0 Å². The van der Waals surface area contributed by atoms with Crippen molar-refractivity contribution in [2.75, 3.05) is 25.1 Å². The molecule has 1 rings (SSSR count). The van der Waals surface area contributed by atoms with E-state index in [1.165, 1.54) is 16.8 Å². The van der Waals surface area contributed by atoms with Crippen LogP contribution in [0, 0.1) is 13.8 Å². The second-order valence-corrected chi connectivity index (χ2v) is 5.63. The summed E-state index contributed by atoms with van der Waals surface area (Å²) in [6, 6.07) is 6.50. The van der Waals surface area contributed by atoms with Crippen molar-refractivity contribution in [3.63, 3.8) is 0 Å². The van der Waals surface area contributed by atoms with Crippen LogP contribution in [0.3, 0.4) is 0 Å². The molecule has 0 aliphatic heterocycles. The first kappa shape index (κ1) is 15.0. The average Bonchev–Trinajstić information content (AvgIpc) is 2.28. The molecule has 0 saturated heterocycles. The minimum absolute atomic E-state index is 0.0419. The molecule has 0 spiro atoms. The van der Waals surface area contributed by atoms with Crippen LogP contribution >= 0.6 is 0 Å². The molecule has 18 heavy (non-hydrogen) atoms. The molecule has 1 atom stereocenters. The van der Waals surface area contributed by atoms with Crippen molar-refractivity contribution < 1.29 is 5.11 Å². The Labute approximate surface area is 111 Å². The molecule has 0 fully saturated rings. The molecule has 1 aromatic rings. The van der Waals surface area contributed by atoms with Crippen LogP contribution in [0.15, 0.2) is 18.2 Å². The van der Waals surface area contributed by atoms with Crippen LogP contribution in [-0.2, 0) is 0 Å². The largest absolute Gasteiger partial charge is 0.394 e. The SMILES string of the molecule is Cc1ccc(N(C)CCCC(C)(N)CO)c(C)c1. The van der Waals surface area contributed by atoms with E-state index in [1.54, 1.807) is 0 Å². The van der Waals surface area contributed by atoms with E-state index in [1.807, 2.05) is 6.92 Å². The Kier molecular flexibility index (Phi) is 5.17. The molecule has 0 bridgehead atoms. The lowest BCUT2D eigenvalue weighted by atomic mass is 9.98. The second kappa shape index (κ2) is 6.21. The average molecular weight is 250 g/mol. The van der Waals surface area contributed by atoms with Gasteiger partial charge in [0, 0.05) is 24.8 Å². The predicted octanol–water partition coefficient (Wildman–Crippen LogP) is 2.23. The molecule has 3 heteroatoms. The van der Waals surface area contributed by atoms with Gasteiger partial charge in [-0.2, -0.15) is 0 Å². The second-order valence-electron chi connectivity index (χ2n) is 5.63. The Balaban J connectivity index is 2.53. The first-order chi connectivity index (χ1) is 8.35. The number of rotatable bonds is 6. The van der Waals surface area contributed by atoms with Crippen LogP contribution in [0.5, 0.6) is 0 Å². The highest BCUT2D eigenvalue weighted by Crippen LogP contribution is 2.20. The fraction of sp³-hybridized carbons (Fsp3) is 0.600. The maximum atomic E-state index is 9.11. The Morgan fingerprint density at radius 1 is 1.33 bits per heavy atom. The summed E-state index contributed by atoms with van der Waals surface area (Å²) in [6.07, 6.45) is 1.82. The van der Waals surface area contributed by atoms with E-state index >= 15 is 0 Å². The highest BCUT2D eigenvalue weighted by Gasteiger charge is 2.16. The first-order valence-corrected chi connectivity index (χ1v) is 6.54. The number of aliphatic hydroxyl groups is 1. The van der Waals surface area contributed by atoms with E-state index in [0.29, 0.717) is 0 Å². The number of benzene rings is 1. The van der Waals surface area contributed by atoms with Crippen molar-refractivity contribution in [3.8, 4) is 0 Å². The van der Waals surface area contributed by atoms with E-state index in [0.717, 1.165) is 19.4 Å². The maximum absolute atomic E-state index is 9.11. The van der Waals surface area contributed by atoms with E-state index in [-0.39, 0.29) is 6.61 Å². The molecule has 0 aliphatic rings. The molecule has 0 heterocycles. The quantitative estimate of drug-likeness (QED) is 0.814. The van der Waals surface area contributed by atoms with Gasteiger partial charge in [-0.25, -0.2) is 0 Å². The van der Waals surface area contributed by atoms with E-state index in [2.05, 4.69) is 44.0 Å². The smallest absolute Gasteiger partial charge is 0.0608 e. The molecule has 0 aliphatic carbocycles. The van der Waals surface area contributed by atoms with Crippen LogP contribution in [0.2, 0.25) is 0 Å². The zero-order valence-electron chi connectivity index (χ0n) is 12.0. The van der Waals surface area contributed by atoms with Crippen molar-refractivity contribution in [3.05, 3.63) is 29.3 Å². The third-order valence-electron chi connectivity index (χ3n) is 3.37. The monoisotopic (exact) mass is 250 g/mol. The lowest BCUT2D eigenvalue weighted by molar-refractivity contribution is 0.199. The third-order valence-corrected chi connectivity index (χ3v) is 3.37. The predicted molar refractivity (Wildman–Crippen MR) is 78.1 cm³/mol. The topological polar surface area (TPSA) is 49.5 Å². The van der Waals surface area contributed by atoms with Crippen molar-refractivity contribution in [1.82, 2.24) is 0 Å². The molecule has 3 nitrogen and oxygen atoms in total. The summed E-state index contributed by atoms with van der Waals surface area (Å²) in [5.41, 5.74) is 9.33. The molecule has 1 aromatic carbocycles. The van der Waals surface area contributed by atoms with Gasteiger partial charge in [-0.15, -0.1) is 0 Å². The Hall–Kier alpha value is -1.06. The maximum Gasteiger partial charge on any atom is 0.0608 e. The Morgan fingerprint density at radius 2 is 2.00 bits per heavy atom. The van der Waals surface area contributed by atoms with Crippen molar-refractivity contribution in [1.29, 1.82) is 0 Å². The third kappa shape index (κ3) is 4.31. The number of hydrogen-bond acceptors (Lipinski definition) is 3. The van der Waals surface area contributed by atoms with Gasteiger partial charge >= 0.3 is 0 Å². The molecule has 1 unspecified atom stereocenters. The molecule has 0 saturated carbocycles. The van der Waals surface area contributed by atoms with Crippen LogP contribution in [0.1, 0.15) is 30.9 Å². The van der Waals surface area contributed by atoms with Gasteiger partial charge in [0.1, 0.15) is 0 Å². The summed E-state index contributed by atoms with van der Waals surface area (Å²) in [7, 11) is 2.10. The van der Waals surface area contributed by atoms with Gasteiger partial charge in [0.2, 0.25) is 0 Å². The van der Waals surface area contributed by atoms with E-state index < -0.39 is 5.54 Å². The summed E-state index contributed by atoms with van der Waals surface area (Å²) in [6.45, 7) is 7.14. The van der Waals surface area contributed by atoms with Gasteiger partial charge < -0.3 is 15.7 Å². The first-order valence-electron chi connectivity index (χ1n) is 6.54. The van der Waals surface area contributed by atoms with Gasteiger partial charge in [0.05, 0.1) is 6.61 Å². The fourth-order valence-electron chi connectivity index (χ4n) is 2.15. The van der Waals surface area contributed by atoms with Crippen LogP contribution < -0.4 is 10.6 Å². The molecule has 0 radical (unpaired) electrons. The van der Waals surface area contributed by atoms with Crippen molar-refractivity contribution in [2.45, 2.75) is 39.2 Å². The highest BCUT2D eigenvalue weighted by molar-refractivity contribution is 5.53. The van der Waals surface area contributed by atoms with E-state index in [4.69, 9.17) is 10.8 Å². The number of aryl methyl sites for hydroxylation is 2. The number of nitrogens with zero attached hydrogens (tertiary/aromatic N) is 1. The molecule has 3 N–H and O–H groups in total. The summed E-state index contributed by atoms with van der Waals surface area (Å²) in [5, 5.41) is 9.11. The van der Waals surface area contributed by atoms with Crippen molar-refractivity contribution in [2.24, 2.45) is 5.73 Å². The lowest BCUT2D eigenvalue weighted by Crippen LogP contribution is -2.40. The van der Waals surface area contributed by atoms with Gasteiger partial charge in [-0.3, -0.25) is 0 Å². The Morgan fingerprint density at radius 3 is 2.56 bits per heavy atom. The molecule has 0 aromatic heterocycles. The van der Waals surface area contributed by atoms with Crippen LogP contribution in [0.4, 0.5) is 5.69 Å². The summed E-state index contributed by atoms with van der Waals surface area (Å²) in [4.78, 5) is 2.25. The molecular weight excluding hydrogens is 224 g/mol. The summed E-state index contributed by atoms with van der Waals surface area (Å²) < 4.78 is 0. The summed E-state index contributed by atoms with van der Waals surface area (Å²) in [5.74, 6) is 0. The van der Waals surface area contributed by atoms with E-state index in [9.17, 15) is 0 Å². The van der Waals surface area contributed by atoms with Crippen LogP contribution in [-0.4, -0.2) is 30.8 Å².